The monoisotopic (exact) mass is 341 g/mol. The van der Waals surface area contributed by atoms with Gasteiger partial charge >= 0.3 is 6.09 Å². The van der Waals surface area contributed by atoms with Gasteiger partial charge in [0.2, 0.25) is 0 Å². The standard InChI is InChI=1S/C17H35N5O2/c1-6-24-17(23)22-13-11-21(12-14-22)16(18-4)19-9-7-8-10-20(5)15(2)3/h15H,6-14H2,1-5H3,(H,18,19). The summed E-state index contributed by atoms with van der Waals surface area (Å²) in [7, 11) is 3.98. The lowest BCUT2D eigenvalue weighted by molar-refractivity contribution is 0.0914. The second kappa shape index (κ2) is 11.1. The van der Waals surface area contributed by atoms with Gasteiger partial charge < -0.3 is 24.8 Å². The van der Waals surface area contributed by atoms with E-state index in [2.05, 4.69) is 41.0 Å². The number of hydrogen-bond donors (Lipinski definition) is 1. The summed E-state index contributed by atoms with van der Waals surface area (Å²) in [5.41, 5.74) is 0. The van der Waals surface area contributed by atoms with Crippen LogP contribution in [0.5, 0.6) is 0 Å². The van der Waals surface area contributed by atoms with Crippen LogP contribution in [0.25, 0.3) is 0 Å². The lowest BCUT2D eigenvalue weighted by Gasteiger charge is -2.35. The number of amides is 1. The van der Waals surface area contributed by atoms with Gasteiger partial charge in [0.25, 0.3) is 0 Å². The van der Waals surface area contributed by atoms with Crippen LogP contribution < -0.4 is 5.32 Å². The molecule has 1 fully saturated rings. The molecule has 24 heavy (non-hydrogen) atoms. The zero-order chi connectivity index (χ0) is 17.9. The van der Waals surface area contributed by atoms with Gasteiger partial charge in [-0.2, -0.15) is 0 Å². The fourth-order valence-corrected chi connectivity index (χ4v) is 2.59. The number of hydrogen-bond acceptors (Lipinski definition) is 4. The van der Waals surface area contributed by atoms with Crippen LogP contribution in [0.1, 0.15) is 33.6 Å². The number of guanidine groups is 1. The first-order valence-electron chi connectivity index (χ1n) is 9.07. The number of unbranched alkanes of at least 4 members (excludes halogenated alkanes) is 1. The molecule has 1 aliphatic heterocycles. The fraction of sp³-hybridized carbons (Fsp3) is 0.882. The molecular formula is C17H35N5O2. The minimum Gasteiger partial charge on any atom is -0.450 e. The van der Waals surface area contributed by atoms with Crippen LogP contribution in [0.15, 0.2) is 4.99 Å². The summed E-state index contributed by atoms with van der Waals surface area (Å²) in [5.74, 6) is 0.927. The molecule has 1 heterocycles. The Morgan fingerprint density at radius 3 is 2.38 bits per heavy atom. The van der Waals surface area contributed by atoms with Crippen LogP contribution in [-0.4, -0.2) is 92.8 Å². The normalized spacial score (nSPS) is 16.0. The van der Waals surface area contributed by atoms with Crippen LogP contribution in [0, 0.1) is 0 Å². The average molecular weight is 342 g/mol. The third-order valence-corrected chi connectivity index (χ3v) is 4.42. The van der Waals surface area contributed by atoms with Crippen molar-refractivity contribution in [3.63, 3.8) is 0 Å². The second-order valence-electron chi connectivity index (χ2n) is 6.43. The number of ether oxygens (including phenoxy) is 1. The number of nitrogens with one attached hydrogen (secondary N) is 1. The molecule has 0 saturated carbocycles. The lowest BCUT2D eigenvalue weighted by Crippen LogP contribution is -2.54. The van der Waals surface area contributed by atoms with Gasteiger partial charge in [0, 0.05) is 45.8 Å². The number of aliphatic imine (C=N–C) groups is 1. The molecule has 0 spiro atoms. The highest BCUT2D eigenvalue weighted by Gasteiger charge is 2.23. The number of piperazine rings is 1. The van der Waals surface area contributed by atoms with E-state index in [9.17, 15) is 4.79 Å². The molecule has 1 saturated heterocycles. The van der Waals surface area contributed by atoms with Crippen molar-refractivity contribution in [1.82, 2.24) is 20.0 Å². The zero-order valence-corrected chi connectivity index (χ0v) is 16.0. The molecule has 0 bridgehead atoms. The van der Waals surface area contributed by atoms with Gasteiger partial charge in [-0.25, -0.2) is 4.79 Å². The molecule has 0 aromatic heterocycles. The van der Waals surface area contributed by atoms with E-state index in [4.69, 9.17) is 4.74 Å². The van der Waals surface area contributed by atoms with Crippen LogP contribution >= 0.6 is 0 Å². The molecule has 1 amide bonds. The van der Waals surface area contributed by atoms with E-state index in [-0.39, 0.29) is 6.09 Å². The molecule has 1 rings (SSSR count). The van der Waals surface area contributed by atoms with Crippen molar-refractivity contribution in [2.45, 2.75) is 39.7 Å². The Morgan fingerprint density at radius 1 is 1.21 bits per heavy atom. The maximum Gasteiger partial charge on any atom is 0.409 e. The Balaban J connectivity index is 2.25. The summed E-state index contributed by atoms with van der Waals surface area (Å²) in [6.07, 6.45) is 2.09. The number of nitrogens with zero attached hydrogens (tertiary/aromatic N) is 4. The summed E-state index contributed by atoms with van der Waals surface area (Å²) in [6.45, 7) is 11.7. The smallest absolute Gasteiger partial charge is 0.409 e. The first-order chi connectivity index (χ1) is 11.5. The highest BCUT2D eigenvalue weighted by atomic mass is 16.6. The van der Waals surface area contributed by atoms with Gasteiger partial charge in [0.15, 0.2) is 5.96 Å². The Morgan fingerprint density at radius 2 is 1.83 bits per heavy atom. The molecule has 1 aliphatic rings. The van der Waals surface area contributed by atoms with E-state index in [1.807, 2.05) is 14.0 Å². The van der Waals surface area contributed by atoms with E-state index in [0.717, 1.165) is 38.6 Å². The van der Waals surface area contributed by atoms with Gasteiger partial charge in [0.05, 0.1) is 6.61 Å². The van der Waals surface area contributed by atoms with Gasteiger partial charge in [-0.1, -0.05) is 0 Å². The molecule has 0 radical (unpaired) electrons. The van der Waals surface area contributed by atoms with Gasteiger partial charge in [-0.3, -0.25) is 4.99 Å². The predicted octanol–water partition coefficient (Wildman–Crippen LogP) is 1.46. The SMILES string of the molecule is CCOC(=O)N1CCN(C(=NC)NCCCCN(C)C(C)C)CC1. The Kier molecular flexibility index (Phi) is 9.52. The summed E-state index contributed by atoms with van der Waals surface area (Å²) in [4.78, 5) is 22.4. The minimum absolute atomic E-state index is 0.214. The number of carbonyl (C=O) groups is 1. The number of rotatable bonds is 7. The van der Waals surface area contributed by atoms with Crippen molar-refractivity contribution in [3.8, 4) is 0 Å². The summed E-state index contributed by atoms with van der Waals surface area (Å²) in [5, 5.41) is 3.43. The van der Waals surface area contributed by atoms with E-state index in [1.54, 1.807) is 4.90 Å². The Hall–Kier alpha value is -1.50. The molecular weight excluding hydrogens is 306 g/mol. The average Bonchev–Trinajstić information content (AvgIpc) is 2.58. The Labute approximate surface area is 147 Å². The number of carbonyl (C=O) groups excluding carboxylic acids is 1. The van der Waals surface area contributed by atoms with Crippen molar-refractivity contribution in [3.05, 3.63) is 0 Å². The quantitative estimate of drug-likeness (QED) is 0.431. The maximum absolute atomic E-state index is 11.7. The first kappa shape index (κ1) is 20.5. The van der Waals surface area contributed by atoms with Crippen molar-refractivity contribution < 1.29 is 9.53 Å². The molecule has 140 valence electrons. The van der Waals surface area contributed by atoms with Crippen LogP contribution in [0.3, 0.4) is 0 Å². The van der Waals surface area contributed by atoms with Crippen molar-refractivity contribution in [1.29, 1.82) is 0 Å². The van der Waals surface area contributed by atoms with Crippen LogP contribution in [0.4, 0.5) is 4.79 Å². The minimum atomic E-state index is -0.214. The zero-order valence-electron chi connectivity index (χ0n) is 16.0. The third kappa shape index (κ3) is 6.95. The van der Waals surface area contributed by atoms with E-state index >= 15 is 0 Å². The van der Waals surface area contributed by atoms with Crippen LogP contribution in [-0.2, 0) is 4.74 Å². The maximum atomic E-state index is 11.7. The van der Waals surface area contributed by atoms with Gasteiger partial charge in [0.1, 0.15) is 0 Å². The molecule has 0 atom stereocenters. The van der Waals surface area contributed by atoms with Crippen LogP contribution in [0.2, 0.25) is 0 Å². The van der Waals surface area contributed by atoms with Crippen molar-refractivity contribution in [2.24, 2.45) is 4.99 Å². The van der Waals surface area contributed by atoms with Crippen molar-refractivity contribution >= 4 is 12.1 Å². The van der Waals surface area contributed by atoms with E-state index < -0.39 is 0 Å². The highest BCUT2D eigenvalue weighted by molar-refractivity contribution is 5.80. The molecule has 7 heteroatoms. The Bertz CT molecular complexity index is 392. The molecule has 0 aromatic rings. The largest absolute Gasteiger partial charge is 0.450 e. The first-order valence-corrected chi connectivity index (χ1v) is 9.07. The lowest BCUT2D eigenvalue weighted by atomic mass is 10.2. The third-order valence-electron chi connectivity index (χ3n) is 4.42. The molecule has 0 aromatic carbocycles. The topological polar surface area (TPSA) is 60.4 Å². The summed E-state index contributed by atoms with van der Waals surface area (Å²) >= 11 is 0. The van der Waals surface area contributed by atoms with Crippen molar-refractivity contribution in [2.75, 3.05) is 60.0 Å². The second-order valence-corrected chi connectivity index (χ2v) is 6.43. The predicted molar refractivity (Wildman–Crippen MR) is 98.5 cm³/mol. The van der Waals surface area contributed by atoms with Gasteiger partial charge in [-0.15, -0.1) is 0 Å². The van der Waals surface area contributed by atoms with Gasteiger partial charge in [-0.05, 0) is 47.2 Å². The molecule has 1 N–H and O–H groups in total. The summed E-state index contributed by atoms with van der Waals surface area (Å²) < 4.78 is 5.05. The molecule has 0 unspecified atom stereocenters. The highest BCUT2D eigenvalue weighted by Crippen LogP contribution is 2.04. The van der Waals surface area contributed by atoms with E-state index in [1.165, 1.54) is 6.42 Å². The fourth-order valence-electron chi connectivity index (χ4n) is 2.59. The summed E-state index contributed by atoms with van der Waals surface area (Å²) in [6, 6.07) is 0.599. The molecule has 0 aliphatic carbocycles. The van der Waals surface area contributed by atoms with E-state index in [0.29, 0.717) is 25.7 Å². The molecule has 7 nitrogen and oxygen atoms in total.